The molecule has 0 aromatic heterocycles. The van der Waals surface area contributed by atoms with Crippen LogP contribution in [0.2, 0.25) is 0 Å². The standard InChI is InChI=1S/C19H33N/c1-7-9-14(3)13-18(20-10-8-2)19-16(5)11-15(4)12-17(19)6/h11-12,14,18,20H,7-10,13H2,1-6H3. The number of rotatable bonds is 8. The van der Waals surface area contributed by atoms with Crippen LogP contribution >= 0.6 is 0 Å². The monoisotopic (exact) mass is 275 g/mol. The largest absolute Gasteiger partial charge is 0.310 e. The van der Waals surface area contributed by atoms with Gasteiger partial charge < -0.3 is 5.32 Å². The van der Waals surface area contributed by atoms with E-state index in [1.807, 2.05) is 0 Å². The predicted octanol–water partition coefficient (Wildman–Crippen LogP) is 5.48. The van der Waals surface area contributed by atoms with E-state index < -0.39 is 0 Å². The first-order valence-electron chi connectivity index (χ1n) is 8.30. The van der Waals surface area contributed by atoms with E-state index in [1.165, 1.54) is 47.9 Å². The molecule has 1 heteroatoms. The zero-order chi connectivity index (χ0) is 15.1. The van der Waals surface area contributed by atoms with Crippen molar-refractivity contribution < 1.29 is 0 Å². The number of aryl methyl sites for hydroxylation is 3. The summed E-state index contributed by atoms with van der Waals surface area (Å²) in [6, 6.07) is 5.16. The highest BCUT2D eigenvalue weighted by atomic mass is 14.9. The molecule has 0 bridgehead atoms. The van der Waals surface area contributed by atoms with Gasteiger partial charge in [-0.15, -0.1) is 0 Å². The molecule has 0 saturated carbocycles. The molecule has 0 aliphatic carbocycles. The first-order valence-corrected chi connectivity index (χ1v) is 8.30. The number of hydrogen-bond donors (Lipinski definition) is 1. The van der Waals surface area contributed by atoms with Crippen molar-refractivity contribution in [1.29, 1.82) is 0 Å². The lowest BCUT2D eigenvalue weighted by atomic mass is 9.87. The van der Waals surface area contributed by atoms with E-state index >= 15 is 0 Å². The van der Waals surface area contributed by atoms with Gasteiger partial charge in [0.05, 0.1) is 0 Å². The van der Waals surface area contributed by atoms with Crippen molar-refractivity contribution in [2.75, 3.05) is 6.54 Å². The van der Waals surface area contributed by atoms with Crippen molar-refractivity contribution in [3.05, 3.63) is 34.4 Å². The Kier molecular flexibility index (Phi) is 7.29. The first kappa shape index (κ1) is 17.2. The Morgan fingerprint density at radius 1 is 1.00 bits per heavy atom. The smallest absolute Gasteiger partial charge is 0.0328 e. The van der Waals surface area contributed by atoms with Crippen molar-refractivity contribution in [3.8, 4) is 0 Å². The summed E-state index contributed by atoms with van der Waals surface area (Å²) in [5, 5.41) is 3.78. The van der Waals surface area contributed by atoms with Gasteiger partial charge in [0, 0.05) is 6.04 Å². The topological polar surface area (TPSA) is 12.0 Å². The van der Waals surface area contributed by atoms with Gasteiger partial charge in [0.1, 0.15) is 0 Å². The zero-order valence-corrected chi connectivity index (χ0v) is 14.3. The van der Waals surface area contributed by atoms with Crippen LogP contribution in [0.4, 0.5) is 0 Å². The maximum absolute atomic E-state index is 3.78. The van der Waals surface area contributed by atoms with E-state index in [9.17, 15) is 0 Å². The highest BCUT2D eigenvalue weighted by molar-refractivity contribution is 5.39. The summed E-state index contributed by atoms with van der Waals surface area (Å²) >= 11 is 0. The minimum atomic E-state index is 0.511. The molecule has 0 spiro atoms. The second-order valence-electron chi connectivity index (χ2n) is 6.45. The molecule has 0 aliphatic rings. The van der Waals surface area contributed by atoms with Crippen molar-refractivity contribution >= 4 is 0 Å². The predicted molar refractivity (Wildman–Crippen MR) is 90.4 cm³/mol. The van der Waals surface area contributed by atoms with Gasteiger partial charge in [0.25, 0.3) is 0 Å². The van der Waals surface area contributed by atoms with Crippen LogP contribution in [0.1, 0.15) is 74.8 Å². The first-order chi connectivity index (χ1) is 9.49. The molecule has 0 heterocycles. The minimum absolute atomic E-state index is 0.511. The van der Waals surface area contributed by atoms with Crippen LogP contribution in [0.15, 0.2) is 12.1 Å². The van der Waals surface area contributed by atoms with Crippen molar-refractivity contribution in [1.82, 2.24) is 5.32 Å². The number of nitrogens with one attached hydrogen (secondary N) is 1. The third-order valence-corrected chi connectivity index (χ3v) is 4.15. The van der Waals surface area contributed by atoms with Crippen LogP contribution in [0.5, 0.6) is 0 Å². The molecular weight excluding hydrogens is 242 g/mol. The van der Waals surface area contributed by atoms with Crippen LogP contribution in [-0.4, -0.2) is 6.54 Å². The van der Waals surface area contributed by atoms with Gasteiger partial charge in [0.15, 0.2) is 0 Å². The van der Waals surface area contributed by atoms with Crippen LogP contribution in [-0.2, 0) is 0 Å². The van der Waals surface area contributed by atoms with Gasteiger partial charge in [-0.1, -0.05) is 51.3 Å². The van der Waals surface area contributed by atoms with E-state index in [1.54, 1.807) is 0 Å². The quantitative estimate of drug-likeness (QED) is 0.662. The molecule has 2 atom stereocenters. The summed E-state index contributed by atoms with van der Waals surface area (Å²) < 4.78 is 0. The summed E-state index contributed by atoms with van der Waals surface area (Å²) in [5.74, 6) is 0.787. The molecule has 0 radical (unpaired) electrons. The second-order valence-corrected chi connectivity index (χ2v) is 6.45. The lowest BCUT2D eigenvalue weighted by molar-refractivity contribution is 0.388. The highest BCUT2D eigenvalue weighted by Crippen LogP contribution is 2.29. The molecule has 1 rings (SSSR count). The maximum Gasteiger partial charge on any atom is 0.0328 e. The Morgan fingerprint density at radius 3 is 2.10 bits per heavy atom. The average molecular weight is 275 g/mol. The molecule has 0 fully saturated rings. The fourth-order valence-electron chi connectivity index (χ4n) is 3.38. The van der Waals surface area contributed by atoms with E-state index in [0.29, 0.717) is 6.04 Å². The van der Waals surface area contributed by atoms with Crippen molar-refractivity contribution in [2.45, 2.75) is 73.3 Å². The van der Waals surface area contributed by atoms with Crippen molar-refractivity contribution in [3.63, 3.8) is 0 Å². The molecule has 114 valence electrons. The summed E-state index contributed by atoms with van der Waals surface area (Å²) in [6.45, 7) is 14.7. The molecule has 1 aromatic carbocycles. The number of benzene rings is 1. The molecule has 20 heavy (non-hydrogen) atoms. The Morgan fingerprint density at radius 2 is 1.60 bits per heavy atom. The number of hydrogen-bond acceptors (Lipinski definition) is 1. The van der Waals surface area contributed by atoms with Gasteiger partial charge in [-0.05, 0) is 62.8 Å². The Labute approximate surface area is 126 Å². The second kappa shape index (κ2) is 8.46. The molecule has 2 unspecified atom stereocenters. The molecule has 1 N–H and O–H groups in total. The summed E-state index contributed by atoms with van der Waals surface area (Å²) in [4.78, 5) is 0. The normalized spacial score (nSPS) is 14.3. The Balaban J connectivity index is 2.97. The minimum Gasteiger partial charge on any atom is -0.310 e. The highest BCUT2D eigenvalue weighted by Gasteiger charge is 2.18. The summed E-state index contributed by atoms with van der Waals surface area (Å²) in [7, 11) is 0. The van der Waals surface area contributed by atoms with Crippen LogP contribution in [0, 0.1) is 26.7 Å². The van der Waals surface area contributed by atoms with E-state index in [4.69, 9.17) is 0 Å². The molecule has 1 aromatic rings. The lowest BCUT2D eigenvalue weighted by Gasteiger charge is -2.26. The summed E-state index contributed by atoms with van der Waals surface area (Å²) in [6.07, 6.45) is 5.06. The van der Waals surface area contributed by atoms with Crippen LogP contribution in [0.25, 0.3) is 0 Å². The van der Waals surface area contributed by atoms with Crippen LogP contribution < -0.4 is 5.32 Å². The molecule has 0 aliphatic heterocycles. The fraction of sp³-hybridized carbons (Fsp3) is 0.684. The summed E-state index contributed by atoms with van der Waals surface area (Å²) in [5.41, 5.74) is 5.80. The Hall–Kier alpha value is -0.820. The maximum atomic E-state index is 3.78. The van der Waals surface area contributed by atoms with Gasteiger partial charge >= 0.3 is 0 Å². The van der Waals surface area contributed by atoms with Crippen LogP contribution in [0.3, 0.4) is 0 Å². The van der Waals surface area contributed by atoms with E-state index in [-0.39, 0.29) is 0 Å². The lowest BCUT2D eigenvalue weighted by Crippen LogP contribution is -2.25. The molecule has 0 saturated heterocycles. The van der Waals surface area contributed by atoms with Gasteiger partial charge in [0.2, 0.25) is 0 Å². The van der Waals surface area contributed by atoms with Gasteiger partial charge in [-0.2, -0.15) is 0 Å². The molecule has 0 amide bonds. The molecule has 1 nitrogen and oxygen atoms in total. The van der Waals surface area contributed by atoms with Crippen molar-refractivity contribution in [2.24, 2.45) is 5.92 Å². The average Bonchev–Trinajstić information content (AvgIpc) is 2.34. The SMILES string of the molecule is CCCNC(CC(C)CCC)c1c(C)cc(C)cc1C. The molecular formula is C19H33N. The fourth-order valence-corrected chi connectivity index (χ4v) is 3.38. The zero-order valence-electron chi connectivity index (χ0n) is 14.3. The third kappa shape index (κ3) is 4.94. The van der Waals surface area contributed by atoms with Gasteiger partial charge in [-0.25, -0.2) is 0 Å². The van der Waals surface area contributed by atoms with E-state index in [0.717, 1.165) is 12.5 Å². The third-order valence-electron chi connectivity index (χ3n) is 4.15. The Bertz CT molecular complexity index is 385. The van der Waals surface area contributed by atoms with E-state index in [2.05, 4.69) is 59.0 Å². The van der Waals surface area contributed by atoms with Gasteiger partial charge in [-0.3, -0.25) is 0 Å².